The second kappa shape index (κ2) is 7.95. The number of hydrogen-bond acceptors (Lipinski definition) is 5. The van der Waals surface area contributed by atoms with Gasteiger partial charge in [0.25, 0.3) is 0 Å². The number of nitrogens with zero attached hydrogens (tertiary/aromatic N) is 4. The molecule has 0 unspecified atom stereocenters. The summed E-state index contributed by atoms with van der Waals surface area (Å²) in [5.74, 6) is 0. The largest absolute Gasteiger partial charge is 0.298 e. The summed E-state index contributed by atoms with van der Waals surface area (Å²) in [6, 6.07) is 10.3. The predicted molar refractivity (Wildman–Crippen MR) is 114 cm³/mol. The van der Waals surface area contributed by atoms with E-state index in [2.05, 4.69) is 14.8 Å². The van der Waals surface area contributed by atoms with E-state index in [4.69, 9.17) is 0 Å². The Hall–Kier alpha value is -1.54. The third-order valence-electron chi connectivity index (χ3n) is 7.00. The van der Waals surface area contributed by atoms with Crippen LogP contribution in [0.2, 0.25) is 0 Å². The summed E-state index contributed by atoms with van der Waals surface area (Å²) >= 11 is 0. The summed E-state index contributed by atoms with van der Waals surface area (Å²) in [6.45, 7) is 5.56. The number of hydrogen-bond donors (Lipinski definition) is 0. The van der Waals surface area contributed by atoms with Crippen LogP contribution in [-0.2, 0) is 10.0 Å². The fourth-order valence-corrected chi connectivity index (χ4v) is 6.86. The van der Waals surface area contributed by atoms with Crippen molar-refractivity contribution < 1.29 is 8.42 Å². The maximum Gasteiger partial charge on any atom is 0.245 e. The zero-order valence-corrected chi connectivity index (χ0v) is 17.7. The van der Waals surface area contributed by atoms with Crippen molar-refractivity contribution in [1.29, 1.82) is 0 Å². The summed E-state index contributed by atoms with van der Waals surface area (Å²) in [5, 5.41) is 0.865. The molecule has 2 aliphatic heterocycles. The molecule has 0 radical (unpaired) electrons. The molecule has 0 amide bonds. The van der Waals surface area contributed by atoms with Crippen LogP contribution >= 0.6 is 0 Å². The summed E-state index contributed by atoms with van der Waals surface area (Å²) in [4.78, 5) is 9.82. The first-order chi connectivity index (χ1) is 14.1. The molecule has 3 fully saturated rings. The monoisotopic (exact) mass is 414 g/mol. The third-order valence-corrected chi connectivity index (χ3v) is 8.86. The lowest BCUT2D eigenvalue weighted by Gasteiger charge is -2.48. The number of sulfonamides is 1. The Kier molecular flexibility index (Phi) is 5.32. The van der Waals surface area contributed by atoms with Gasteiger partial charge < -0.3 is 0 Å². The Labute approximate surface area is 173 Å². The SMILES string of the molecule is O=S(=O)(c1cccc2cccnc12)N1CC(N2CCN(C3CCCCC3)CC2)C1. The van der Waals surface area contributed by atoms with Gasteiger partial charge in [0.05, 0.1) is 5.52 Å². The highest BCUT2D eigenvalue weighted by Crippen LogP contribution is 2.30. The van der Waals surface area contributed by atoms with E-state index in [-0.39, 0.29) is 0 Å². The second-order valence-corrected chi connectivity index (χ2v) is 10.6. The first kappa shape index (κ1) is 19.4. The fraction of sp³-hybridized carbons (Fsp3) is 0.591. The average Bonchev–Trinajstić information content (AvgIpc) is 2.73. The Balaban J connectivity index is 1.21. The van der Waals surface area contributed by atoms with Crippen molar-refractivity contribution in [2.45, 2.75) is 49.1 Å². The van der Waals surface area contributed by atoms with Gasteiger partial charge in [0.15, 0.2) is 0 Å². The molecule has 29 heavy (non-hydrogen) atoms. The maximum atomic E-state index is 13.2. The molecule has 5 rings (SSSR count). The molecule has 2 saturated heterocycles. The molecule has 1 aromatic heterocycles. The molecular weight excluding hydrogens is 384 g/mol. The van der Waals surface area contributed by atoms with Crippen LogP contribution in [0.4, 0.5) is 0 Å². The van der Waals surface area contributed by atoms with Crippen LogP contribution in [0, 0.1) is 0 Å². The minimum Gasteiger partial charge on any atom is -0.298 e. The molecule has 0 N–H and O–H groups in total. The second-order valence-electron chi connectivity index (χ2n) is 8.67. The molecule has 0 atom stereocenters. The molecule has 2 aromatic rings. The van der Waals surface area contributed by atoms with Crippen LogP contribution in [0.5, 0.6) is 0 Å². The van der Waals surface area contributed by atoms with E-state index < -0.39 is 10.0 Å². The van der Waals surface area contributed by atoms with Crippen LogP contribution in [0.25, 0.3) is 10.9 Å². The van der Waals surface area contributed by atoms with Gasteiger partial charge in [-0.2, -0.15) is 4.31 Å². The lowest BCUT2D eigenvalue weighted by Crippen LogP contribution is -2.64. The summed E-state index contributed by atoms with van der Waals surface area (Å²) in [5.41, 5.74) is 0.569. The number of fused-ring (bicyclic) bond motifs is 1. The molecule has 3 aliphatic rings. The highest BCUT2D eigenvalue weighted by molar-refractivity contribution is 7.89. The Morgan fingerprint density at radius 2 is 1.48 bits per heavy atom. The predicted octanol–water partition coefficient (Wildman–Crippen LogP) is 2.56. The van der Waals surface area contributed by atoms with Gasteiger partial charge >= 0.3 is 0 Å². The van der Waals surface area contributed by atoms with E-state index in [1.165, 1.54) is 32.1 Å². The molecule has 6 nitrogen and oxygen atoms in total. The number of benzene rings is 1. The van der Waals surface area contributed by atoms with E-state index in [0.29, 0.717) is 29.5 Å². The molecule has 3 heterocycles. The van der Waals surface area contributed by atoms with E-state index in [9.17, 15) is 8.42 Å². The molecule has 156 valence electrons. The highest BCUT2D eigenvalue weighted by Gasteiger charge is 2.41. The number of para-hydroxylation sites is 1. The molecule has 0 spiro atoms. The van der Waals surface area contributed by atoms with Crippen molar-refractivity contribution in [2.24, 2.45) is 0 Å². The van der Waals surface area contributed by atoms with Crippen LogP contribution in [0.1, 0.15) is 32.1 Å². The number of piperazine rings is 1. The van der Waals surface area contributed by atoms with E-state index in [1.807, 2.05) is 18.2 Å². The fourth-order valence-electron chi connectivity index (χ4n) is 5.18. The number of rotatable bonds is 4. The van der Waals surface area contributed by atoms with Gasteiger partial charge in [-0.15, -0.1) is 0 Å². The molecular formula is C22H30N4O2S. The normalized spacial score (nSPS) is 24.0. The Morgan fingerprint density at radius 3 is 2.21 bits per heavy atom. The van der Waals surface area contributed by atoms with Crippen molar-refractivity contribution in [3.63, 3.8) is 0 Å². The van der Waals surface area contributed by atoms with Gasteiger partial charge in [0.1, 0.15) is 4.90 Å². The van der Waals surface area contributed by atoms with Crippen molar-refractivity contribution in [3.8, 4) is 0 Å². The van der Waals surface area contributed by atoms with Crippen LogP contribution in [0.15, 0.2) is 41.4 Å². The summed E-state index contributed by atoms with van der Waals surface area (Å²) in [7, 11) is -3.49. The van der Waals surface area contributed by atoms with Gasteiger partial charge in [-0.1, -0.05) is 37.5 Å². The van der Waals surface area contributed by atoms with Crippen molar-refractivity contribution in [1.82, 2.24) is 19.1 Å². The van der Waals surface area contributed by atoms with Crippen LogP contribution in [0.3, 0.4) is 0 Å². The van der Waals surface area contributed by atoms with Gasteiger partial charge in [-0.25, -0.2) is 8.42 Å². The maximum absolute atomic E-state index is 13.2. The molecule has 1 aliphatic carbocycles. The smallest absolute Gasteiger partial charge is 0.245 e. The minimum absolute atomic E-state index is 0.330. The topological polar surface area (TPSA) is 56.8 Å². The van der Waals surface area contributed by atoms with Gasteiger partial charge in [0.2, 0.25) is 10.0 Å². The van der Waals surface area contributed by atoms with Crippen LogP contribution in [-0.4, -0.2) is 78.9 Å². The highest BCUT2D eigenvalue weighted by atomic mass is 32.2. The quantitative estimate of drug-likeness (QED) is 0.770. The van der Waals surface area contributed by atoms with E-state index in [0.717, 1.165) is 37.6 Å². The summed E-state index contributed by atoms with van der Waals surface area (Å²) < 4.78 is 28.0. The lowest BCUT2D eigenvalue weighted by atomic mass is 9.93. The zero-order valence-electron chi connectivity index (χ0n) is 16.9. The van der Waals surface area contributed by atoms with Crippen molar-refractivity contribution in [2.75, 3.05) is 39.3 Å². The van der Waals surface area contributed by atoms with Gasteiger partial charge in [0, 0.05) is 62.9 Å². The first-order valence-corrected chi connectivity index (χ1v) is 12.4. The minimum atomic E-state index is -3.49. The van der Waals surface area contributed by atoms with Gasteiger partial charge in [-0.05, 0) is 25.0 Å². The average molecular weight is 415 g/mol. The third kappa shape index (κ3) is 3.69. The Bertz CT molecular complexity index is 954. The first-order valence-electron chi connectivity index (χ1n) is 10.9. The Morgan fingerprint density at radius 1 is 0.828 bits per heavy atom. The number of pyridine rings is 1. The summed E-state index contributed by atoms with van der Waals surface area (Å²) in [6.07, 6.45) is 8.52. The van der Waals surface area contributed by atoms with Crippen molar-refractivity contribution >= 4 is 20.9 Å². The standard InChI is InChI=1S/C22H30N4O2S/c27-29(28,21-10-4-6-18-7-5-11-23-22(18)21)26-16-20(17-26)25-14-12-24(13-15-25)19-8-2-1-3-9-19/h4-7,10-11,19-20H,1-3,8-9,12-17H2. The lowest BCUT2D eigenvalue weighted by molar-refractivity contribution is 0.0202. The van der Waals surface area contributed by atoms with Crippen molar-refractivity contribution in [3.05, 3.63) is 36.5 Å². The molecule has 0 bridgehead atoms. The molecule has 7 heteroatoms. The van der Waals surface area contributed by atoms with Gasteiger partial charge in [-0.3, -0.25) is 14.8 Å². The zero-order chi connectivity index (χ0) is 19.8. The van der Waals surface area contributed by atoms with E-state index in [1.54, 1.807) is 22.6 Å². The molecule has 1 aromatic carbocycles. The number of aromatic nitrogens is 1. The van der Waals surface area contributed by atoms with E-state index >= 15 is 0 Å². The molecule has 1 saturated carbocycles. The van der Waals surface area contributed by atoms with Crippen LogP contribution < -0.4 is 0 Å².